The van der Waals surface area contributed by atoms with Crippen molar-refractivity contribution in [3.8, 4) is 0 Å². The molecule has 1 aliphatic rings. The highest BCUT2D eigenvalue weighted by Gasteiger charge is 2.62. The van der Waals surface area contributed by atoms with Gasteiger partial charge in [-0.05, 0) is 38.0 Å². The lowest BCUT2D eigenvalue weighted by Gasteiger charge is -2.36. The van der Waals surface area contributed by atoms with Crippen molar-refractivity contribution < 1.29 is 18.3 Å². The van der Waals surface area contributed by atoms with Gasteiger partial charge in [-0.15, -0.1) is 0 Å². The van der Waals surface area contributed by atoms with Gasteiger partial charge in [-0.3, -0.25) is 0 Å². The second-order valence-electron chi connectivity index (χ2n) is 4.95. The molecule has 20 heavy (non-hydrogen) atoms. The van der Waals surface area contributed by atoms with Crippen LogP contribution in [0.25, 0.3) is 6.08 Å². The minimum atomic E-state index is -4.75. The number of rotatable bonds is 3. The molecule has 0 aliphatic heterocycles. The van der Waals surface area contributed by atoms with Gasteiger partial charge >= 0.3 is 6.18 Å². The van der Waals surface area contributed by atoms with Gasteiger partial charge in [-0.1, -0.05) is 18.2 Å². The van der Waals surface area contributed by atoms with Gasteiger partial charge in [-0.2, -0.15) is 13.2 Å². The van der Waals surface area contributed by atoms with Gasteiger partial charge in [-0.25, -0.2) is 0 Å². The fraction of sp³-hybridized carbons (Fsp3) is 0.467. The van der Waals surface area contributed by atoms with Crippen LogP contribution in [0.4, 0.5) is 13.2 Å². The predicted molar refractivity (Wildman–Crippen MR) is 72.0 cm³/mol. The maximum absolute atomic E-state index is 13.6. The van der Waals surface area contributed by atoms with Crippen LogP contribution in [0.3, 0.4) is 0 Å². The predicted octanol–water partition coefficient (Wildman–Crippen LogP) is 3.44. The molecule has 1 atom stereocenters. The number of aryl methyl sites for hydroxylation is 1. The Kier molecular flexibility index (Phi) is 3.58. The number of hydrogen-bond donors (Lipinski definition) is 1. The van der Waals surface area contributed by atoms with E-state index in [0.29, 0.717) is 24.2 Å². The molecule has 2 nitrogen and oxygen atoms in total. The molecule has 0 aromatic heterocycles. The Labute approximate surface area is 116 Å². The molecule has 0 heterocycles. The fourth-order valence-electron chi connectivity index (χ4n) is 2.86. The first-order valence-corrected chi connectivity index (χ1v) is 6.63. The zero-order valence-electron chi connectivity index (χ0n) is 11.8. The van der Waals surface area contributed by atoms with Gasteiger partial charge in [0.05, 0.1) is 5.70 Å². The van der Waals surface area contributed by atoms with E-state index in [4.69, 9.17) is 0 Å². The SMILES string of the molecule is CCN(CC)C1=Cc2cccc(C)c2C1(O)C(F)(F)F. The van der Waals surface area contributed by atoms with E-state index in [1.807, 2.05) is 0 Å². The van der Waals surface area contributed by atoms with Crippen molar-refractivity contribution >= 4 is 6.08 Å². The summed E-state index contributed by atoms with van der Waals surface area (Å²) in [5.74, 6) is 0. The van der Waals surface area contributed by atoms with E-state index in [2.05, 4.69) is 0 Å². The van der Waals surface area contributed by atoms with Gasteiger partial charge in [0, 0.05) is 18.7 Å². The standard InChI is InChI=1S/C15H18F3NO/c1-4-19(5-2)12-9-11-8-6-7-10(3)13(11)14(12,20)15(16,17)18/h6-9,20H,4-5H2,1-3H3. The highest BCUT2D eigenvalue weighted by molar-refractivity contribution is 5.70. The smallest absolute Gasteiger partial charge is 0.372 e. The van der Waals surface area contributed by atoms with E-state index in [1.54, 1.807) is 43.9 Å². The average molecular weight is 285 g/mol. The van der Waals surface area contributed by atoms with Crippen LogP contribution in [0.5, 0.6) is 0 Å². The van der Waals surface area contributed by atoms with Gasteiger partial charge in [0.2, 0.25) is 5.60 Å². The Hall–Kier alpha value is -1.49. The molecule has 0 saturated carbocycles. The van der Waals surface area contributed by atoms with Crippen LogP contribution in [-0.2, 0) is 5.60 Å². The Morgan fingerprint density at radius 3 is 2.30 bits per heavy atom. The van der Waals surface area contributed by atoms with Crippen molar-refractivity contribution in [3.63, 3.8) is 0 Å². The average Bonchev–Trinajstić information content (AvgIpc) is 2.67. The van der Waals surface area contributed by atoms with Crippen molar-refractivity contribution in [2.24, 2.45) is 0 Å². The highest BCUT2D eigenvalue weighted by atomic mass is 19.4. The van der Waals surface area contributed by atoms with Crippen molar-refractivity contribution in [2.75, 3.05) is 13.1 Å². The lowest BCUT2D eigenvalue weighted by molar-refractivity contribution is -0.254. The van der Waals surface area contributed by atoms with Gasteiger partial charge < -0.3 is 10.0 Å². The fourth-order valence-corrected chi connectivity index (χ4v) is 2.86. The Bertz CT molecular complexity index is 547. The third kappa shape index (κ3) is 1.92. The maximum Gasteiger partial charge on any atom is 0.427 e. The molecule has 0 fully saturated rings. The topological polar surface area (TPSA) is 23.5 Å². The number of halogens is 3. The number of likely N-dealkylation sites (N-methyl/N-ethyl adjacent to an activating group) is 1. The van der Waals surface area contributed by atoms with Crippen LogP contribution in [0.15, 0.2) is 23.9 Å². The van der Waals surface area contributed by atoms with Gasteiger partial charge in [0.25, 0.3) is 0 Å². The molecule has 1 aromatic rings. The summed E-state index contributed by atoms with van der Waals surface area (Å²) in [5.41, 5.74) is -2.17. The molecule has 110 valence electrons. The van der Waals surface area contributed by atoms with Gasteiger partial charge in [0.1, 0.15) is 0 Å². The lowest BCUT2D eigenvalue weighted by Crippen LogP contribution is -2.48. The summed E-state index contributed by atoms with van der Waals surface area (Å²) in [6, 6.07) is 4.90. The summed E-state index contributed by atoms with van der Waals surface area (Å²) < 4.78 is 40.7. The number of hydrogen-bond acceptors (Lipinski definition) is 2. The maximum atomic E-state index is 13.6. The summed E-state index contributed by atoms with van der Waals surface area (Å²) in [5, 5.41) is 10.5. The molecular weight excluding hydrogens is 267 g/mol. The molecule has 5 heteroatoms. The van der Waals surface area contributed by atoms with E-state index in [0.717, 1.165) is 0 Å². The third-order valence-corrected chi connectivity index (χ3v) is 3.84. The normalized spacial score (nSPS) is 21.6. The third-order valence-electron chi connectivity index (χ3n) is 3.84. The van der Waals surface area contributed by atoms with Crippen LogP contribution in [-0.4, -0.2) is 29.3 Å². The lowest BCUT2D eigenvalue weighted by atomic mass is 9.89. The van der Waals surface area contributed by atoms with E-state index >= 15 is 0 Å². The first kappa shape index (κ1) is 14.9. The van der Waals surface area contributed by atoms with Gasteiger partial charge in [0.15, 0.2) is 0 Å². The molecule has 0 amide bonds. The van der Waals surface area contributed by atoms with E-state index in [1.165, 1.54) is 6.08 Å². The summed E-state index contributed by atoms with van der Waals surface area (Å²) in [6.45, 7) is 5.96. The van der Waals surface area contributed by atoms with E-state index < -0.39 is 11.8 Å². The molecular formula is C15H18F3NO. The van der Waals surface area contributed by atoms with Crippen LogP contribution < -0.4 is 0 Å². The zero-order chi connectivity index (χ0) is 15.1. The van der Waals surface area contributed by atoms with Crippen molar-refractivity contribution in [1.82, 2.24) is 4.90 Å². The molecule has 1 aromatic carbocycles. The minimum Gasteiger partial charge on any atom is -0.372 e. The van der Waals surface area contributed by atoms with Crippen LogP contribution >= 0.6 is 0 Å². The molecule has 2 rings (SSSR count). The van der Waals surface area contributed by atoms with Crippen molar-refractivity contribution in [3.05, 3.63) is 40.6 Å². The number of aliphatic hydroxyl groups is 1. The molecule has 0 radical (unpaired) electrons. The highest BCUT2D eigenvalue weighted by Crippen LogP contribution is 2.52. The van der Waals surface area contributed by atoms with Crippen LogP contribution in [0, 0.1) is 6.92 Å². The number of nitrogens with zero attached hydrogens (tertiary/aromatic N) is 1. The van der Waals surface area contributed by atoms with E-state index in [-0.39, 0.29) is 11.3 Å². The molecule has 1 aliphatic carbocycles. The number of alkyl halides is 3. The van der Waals surface area contributed by atoms with Crippen LogP contribution in [0.1, 0.15) is 30.5 Å². The Morgan fingerprint density at radius 2 is 1.80 bits per heavy atom. The van der Waals surface area contributed by atoms with Crippen molar-refractivity contribution in [1.29, 1.82) is 0 Å². The Morgan fingerprint density at radius 1 is 1.20 bits per heavy atom. The first-order valence-electron chi connectivity index (χ1n) is 6.63. The van der Waals surface area contributed by atoms with E-state index in [9.17, 15) is 18.3 Å². The molecule has 0 bridgehead atoms. The molecule has 1 unspecified atom stereocenters. The van der Waals surface area contributed by atoms with Crippen LogP contribution in [0.2, 0.25) is 0 Å². The number of benzene rings is 1. The second-order valence-corrected chi connectivity index (χ2v) is 4.95. The summed E-state index contributed by atoms with van der Waals surface area (Å²) >= 11 is 0. The molecule has 0 spiro atoms. The largest absolute Gasteiger partial charge is 0.427 e. The van der Waals surface area contributed by atoms with Crippen molar-refractivity contribution in [2.45, 2.75) is 32.5 Å². The molecule has 1 N–H and O–H groups in total. The summed E-state index contributed by atoms with van der Waals surface area (Å²) in [6.07, 6.45) is -3.30. The monoisotopic (exact) mass is 285 g/mol. The number of fused-ring (bicyclic) bond motifs is 1. The Balaban J connectivity index is 2.70. The zero-order valence-corrected chi connectivity index (χ0v) is 11.8. The first-order chi connectivity index (χ1) is 9.27. The summed E-state index contributed by atoms with van der Waals surface area (Å²) in [7, 11) is 0. The molecule has 0 saturated heterocycles. The quantitative estimate of drug-likeness (QED) is 0.919. The second kappa shape index (κ2) is 4.81. The summed E-state index contributed by atoms with van der Waals surface area (Å²) in [4.78, 5) is 1.55. The minimum absolute atomic E-state index is 0.0469.